The number of rotatable bonds is 5. The number of likely N-dealkylation sites (N-methyl/N-ethyl adjacent to an activating group) is 1. The summed E-state index contributed by atoms with van der Waals surface area (Å²) >= 11 is 3.29. The van der Waals surface area contributed by atoms with Gasteiger partial charge in [-0.25, -0.2) is 0 Å². The number of nitro benzene ring substituents is 1. The second-order valence-corrected chi connectivity index (χ2v) is 5.97. The van der Waals surface area contributed by atoms with E-state index >= 15 is 0 Å². The molecule has 0 atom stereocenters. The van der Waals surface area contributed by atoms with E-state index in [0.29, 0.717) is 10.2 Å². The minimum absolute atomic E-state index is 0.0794. The van der Waals surface area contributed by atoms with Gasteiger partial charge in [0.05, 0.1) is 17.2 Å². The van der Waals surface area contributed by atoms with E-state index < -0.39 is 28.2 Å². The molecular weight excluding hydrogens is 397 g/mol. The smallest absolute Gasteiger partial charge is 0.305 e. The van der Waals surface area contributed by atoms with E-state index in [4.69, 9.17) is 0 Å². The Morgan fingerprint density at radius 2 is 1.96 bits per heavy atom. The maximum Gasteiger partial charge on any atom is 0.305 e. The topological polar surface area (TPSA) is 92.6 Å². The maximum atomic E-state index is 13.3. The number of halogens is 2. The molecule has 0 fully saturated rings. The third-order valence-electron chi connectivity index (χ3n) is 3.27. The molecule has 0 bridgehead atoms. The first kappa shape index (κ1) is 18.5. The Labute approximate surface area is 150 Å². The number of para-hydroxylation sites is 1. The van der Waals surface area contributed by atoms with E-state index in [2.05, 4.69) is 21.2 Å². The molecule has 2 aromatic carbocycles. The highest BCUT2D eigenvalue weighted by molar-refractivity contribution is 9.10. The molecule has 0 aliphatic carbocycles. The maximum absolute atomic E-state index is 13.3. The van der Waals surface area contributed by atoms with Gasteiger partial charge in [0.25, 0.3) is 5.91 Å². The zero-order valence-electron chi connectivity index (χ0n) is 13.0. The van der Waals surface area contributed by atoms with E-state index in [-0.39, 0.29) is 12.1 Å². The summed E-state index contributed by atoms with van der Waals surface area (Å²) in [6.07, 6.45) is 0. The third-order valence-corrected chi connectivity index (χ3v) is 3.96. The molecule has 130 valence electrons. The van der Waals surface area contributed by atoms with E-state index in [1.54, 1.807) is 24.3 Å². The van der Waals surface area contributed by atoms with E-state index in [9.17, 15) is 24.1 Å². The van der Waals surface area contributed by atoms with Crippen LogP contribution in [0.25, 0.3) is 0 Å². The van der Waals surface area contributed by atoms with Crippen LogP contribution in [0.1, 0.15) is 10.4 Å². The molecule has 0 aliphatic heterocycles. The number of hydrogen-bond donors (Lipinski definition) is 1. The van der Waals surface area contributed by atoms with Crippen molar-refractivity contribution in [2.75, 3.05) is 18.9 Å². The minimum atomic E-state index is -1.03. The number of benzene rings is 2. The Morgan fingerprint density at radius 3 is 2.60 bits per heavy atom. The number of carbonyl (C=O) groups is 2. The molecule has 0 saturated carbocycles. The summed E-state index contributed by atoms with van der Waals surface area (Å²) in [6.45, 7) is -0.272. The van der Waals surface area contributed by atoms with Crippen LogP contribution < -0.4 is 5.32 Å². The summed E-state index contributed by atoms with van der Waals surface area (Å²) in [5.41, 5.74) is -0.327. The van der Waals surface area contributed by atoms with Gasteiger partial charge in [-0.05, 0) is 40.2 Å². The van der Waals surface area contributed by atoms with Crippen LogP contribution in [0.3, 0.4) is 0 Å². The Kier molecular flexibility index (Phi) is 5.81. The fourth-order valence-corrected chi connectivity index (χ4v) is 2.43. The van der Waals surface area contributed by atoms with Gasteiger partial charge < -0.3 is 10.2 Å². The summed E-state index contributed by atoms with van der Waals surface area (Å²) in [5.74, 6) is -2.11. The second kappa shape index (κ2) is 7.84. The van der Waals surface area contributed by atoms with Crippen LogP contribution in [0.4, 0.5) is 15.8 Å². The van der Waals surface area contributed by atoms with Crippen LogP contribution >= 0.6 is 15.9 Å². The number of nitro groups is 1. The quantitative estimate of drug-likeness (QED) is 0.605. The highest BCUT2D eigenvalue weighted by Crippen LogP contribution is 2.21. The van der Waals surface area contributed by atoms with Crippen molar-refractivity contribution >= 4 is 39.1 Å². The Hall–Kier alpha value is -2.81. The van der Waals surface area contributed by atoms with Crippen molar-refractivity contribution in [1.29, 1.82) is 0 Å². The SMILES string of the molecule is CN(CC(=O)Nc1ccccc1Br)C(=O)c1ccc(F)c([N+](=O)[O-])c1. The molecule has 2 amide bonds. The van der Waals surface area contributed by atoms with Gasteiger partial charge in [0.1, 0.15) is 0 Å². The van der Waals surface area contributed by atoms with Crippen molar-refractivity contribution in [3.8, 4) is 0 Å². The fraction of sp³-hybridized carbons (Fsp3) is 0.125. The molecule has 25 heavy (non-hydrogen) atoms. The van der Waals surface area contributed by atoms with Gasteiger partial charge in [0, 0.05) is 23.2 Å². The number of carbonyl (C=O) groups excluding carboxylic acids is 2. The standard InChI is InChI=1S/C16H13BrFN3O4/c1-20(9-15(22)19-13-5-3-2-4-11(13)17)16(23)10-6-7-12(18)14(8-10)21(24)25/h2-8H,9H2,1H3,(H,19,22). The summed E-state index contributed by atoms with van der Waals surface area (Å²) in [4.78, 5) is 35.3. The summed E-state index contributed by atoms with van der Waals surface area (Å²) < 4.78 is 14.0. The van der Waals surface area contributed by atoms with Gasteiger partial charge in [-0.1, -0.05) is 12.1 Å². The van der Waals surface area contributed by atoms with Crippen LogP contribution in [-0.4, -0.2) is 35.2 Å². The lowest BCUT2D eigenvalue weighted by atomic mass is 10.1. The number of hydrogen-bond acceptors (Lipinski definition) is 4. The lowest BCUT2D eigenvalue weighted by molar-refractivity contribution is -0.387. The van der Waals surface area contributed by atoms with Crippen molar-refractivity contribution in [3.63, 3.8) is 0 Å². The van der Waals surface area contributed by atoms with Gasteiger partial charge in [-0.15, -0.1) is 0 Å². The molecule has 7 nitrogen and oxygen atoms in total. The molecule has 0 unspecified atom stereocenters. The number of anilines is 1. The van der Waals surface area contributed by atoms with E-state index in [0.717, 1.165) is 23.1 Å². The third kappa shape index (κ3) is 4.60. The molecule has 0 aliphatic rings. The first-order valence-corrected chi connectivity index (χ1v) is 7.82. The first-order valence-electron chi connectivity index (χ1n) is 7.03. The molecule has 2 aromatic rings. The molecule has 0 spiro atoms. The van der Waals surface area contributed by atoms with Crippen LogP contribution in [0, 0.1) is 15.9 Å². The van der Waals surface area contributed by atoms with Crippen molar-refractivity contribution in [2.24, 2.45) is 0 Å². The lowest BCUT2D eigenvalue weighted by Crippen LogP contribution is -2.35. The monoisotopic (exact) mass is 409 g/mol. The number of amides is 2. The van der Waals surface area contributed by atoms with Gasteiger partial charge in [0.15, 0.2) is 0 Å². The summed E-state index contributed by atoms with van der Waals surface area (Å²) in [5, 5.41) is 13.4. The molecule has 0 radical (unpaired) electrons. The fourth-order valence-electron chi connectivity index (χ4n) is 2.05. The predicted octanol–water partition coefficient (Wildman–Crippen LogP) is 3.21. The Morgan fingerprint density at radius 1 is 1.28 bits per heavy atom. The zero-order valence-corrected chi connectivity index (χ0v) is 14.6. The molecule has 9 heteroatoms. The van der Waals surface area contributed by atoms with Gasteiger partial charge in [0.2, 0.25) is 11.7 Å². The normalized spacial score (nSPS) is 10.2. The van der Waals surface area contributed by atoms with Crippen LogP contribution in [0.15, 0.2) is 46.9 Å². The minimum Gasteiger partial charge on any atom is -0.332 e. The van der Waals surface area contributed by atoms with E-state index in [1.165, 1.54) is 7.05 Å². The Balaban J connectivity index is 2.07. The molecule has 1 N–H and O–H groups in total. The highest BCUT2D eigenvalue weighted by atomic mass is 79.9. The molecule has 0 saturated heterocycles. The molecular formula is C16H13BrFN3O4. The lowest BCUT2D eigenvalue weighted by Gasteiger charge is -2.17. The number of nitrogens with one attached hydrogen (secondary N) is 1. The predicted molar refractivity (Wildman–Crippen MR) is 92.8 cm³/mol. The molecule has 0 aromatic heterocycles. The van der Waals surface area contributed by atoms with Crippen molar-refractivity contribution < 1.29 is 18.9 Å². The van der Waals surface area contributed by atoms with Crippen LogP contribution in [0.2, 0.25) is 0 Å². The zero-order chi connectivity index (χ0) is 18.6. The van der Waals surface area contributed by atoms with Crippen molar-refractivity contribution in [1.82, 2.24) is 4.90 Å². The van der Waals surface area contributed by atoms with Crippen molar-refractivity contribution in [2.45, 2.75) is 0 Å². The average Bonchev–Trinajstić information content (AvgIpc) is 2.56. The highest BCUT2D eigenvalue weighted by Gasteiger charge is 2.21. The molecule has 2 rings (SSSR count). The first-order chi connectivity index (χ1) is 11.8. The van der Waals surface area contributed by atoms with Gasteiger partial charge in [-0.3, -0.25) is 19.7 Å². The van der Waals surface area contributed by atoms with Crippen LogP contribution in [-0.2, 0) is 4.79 Å². The average molecular weight is 410 g/mol. The summed E-state index contributed by atoms with van der Waals surface area (Å²) in [7, 11) is 1.37. The summed E-state index contributed by atoms with van der Waals surface area (Å²) in [6, 6.07) is 9.80. The largest absolute Gasteiger partial charge is 0.332 e. The van der Waals surface area contributed by atoms with Gasteiger partial charge >= 0.3 is 5.69 Å². The van der Waals surface area contributed by atoms with Crippen molar-refractivity contribution in [3.05, 3.63) is 68.4 Å². The second-order valence-electron chi connectivity index (χ2n) is 5.11. The van der Waals surface area contributed by atoms with Crippen LogP contribution in [0.5, 0.6) is 0 Å². The Bertz CT molecular complexity index is 844. The number of nitrogens with zero attached hydrogens (tertiary/aromatic N) is 2. The molecule has 0 heterocycles. The van der Waals surface area contributed by atoms with Gasteiger partial charge in [-0.2, -0.15) is 4.39 Å². The van der Waals surface area contributed by atoms with E-state index in [1.807, 2.05) is 0 Å².